The van der Waals surface area contributed by atoms with Gasteiger partial charge in [-0.15, -0.1) is 11.3 Å². The Labute approximate surface area is 192 Å². The van der Waals surface area contributed by atoms with Gasteiger partial charge in [0.25, 0.3) is 5.56 Å². The minimum atomic E-state index is -0.922. The molecule has 1 aliphatic rings. The van der Waals surface area contributed by atoms with Crippen molar-refractivity contribution in [1.82, 2.24) is 14.5 Å². The van der Waals surface area contributed by atoms with Crippen LogP contribution in [0.3, 0.4) is 0 Å². The molecule has 0 unspecified atom stereocenters. The third kappa shape index (κ3) is 3.96. The van der Waals surface area contributed by atoms with Crippen LogP contribution in [0.15, 0.2) is 59.4 Å². The molecule has 9 nitrogen and oxygen atoms in total. The predicted molar refractivity (Wildman–Crippen MR) is 122 cm³/mol. The van der Waals surface area contributed by atoms with Gasteiger partial charge in [-0.3, -0.25) is 19.3 Å². The Bertz CT molecular complexity index is 1420. The quantitative estimate of drug-likeness (QED) is 0.536. The number of ether oxygens (including phenoxy) is 2. The van der Waals surface area contributed by atoms with E-state index in [4.69, 9.17) is 15.2 Å². The van der Waals surface area contributed by atoms with E-state index >= 15 is 0 Å². The average Bonchev–Trinajstić information content (AvgIpc) is 3.15. The highest BCUT2D eigenvalue weighted by atomic mass is 32.1. The molecular formula is C23H20N4O5S. The highest BCUT2D eigenvalue weighted by molar-refractivity contribution is 7.07. The number of thiazole rings is 1. The zero-order valence-corrected chi connectivity index (χ0v) is 18.7. The van der Waals surface area contributed by atoms with Crippen molar-refractivity contribution in [2.75, 3.05) is 13.7 Å². The first-order valence-corrected chi connectivity index (χ1v) is 10.8. The Kier molecular flexibility index (Phi) is 6.18. The summed E-state index contributed by atoms with van der Waals surface area (Å²) in [6.45, 7) is 1.75. The molecule has 4 rings (SSSR count). The van der Waals surface area contributed by atoms with Crippen LogP contribution in [0.4, 0.5) is 0 Å². The fourth-order valence-corrected chi connectivity index (χ4v) is 4.82. The number of carbonyl (C=O) groups excluding carboxylic acids is 2. The molecule has 0 spiro atoms. The molecule has 0 amide bonds. The molecule has 0 aromatic carbocycles. The number of rotatable bonds is 5. The molecule has 3 aromatic rings. The third-order valence-corrected chi connectivity index (χ3v) is 6.16. The lowest BCUT2D eigenvalue weighted by Crippen LogP contribution is -2.41. The van der Waals surface area contributed by atoms with Crippen LogP contribution >= 0.6 is 11.3 Å². The van der Waals surface area contributed by atoms with Crippen molar-refractivity contribution >= 4 is 40.7 Å². The number of pyridine rings is 2. The van der Waals surface area contributed by atoms with Crippen molar-refractivity contribution in [3.05, 3.63) is 85.3 Å². The van der Waals surface area contributed by atoms with Crippen LogP contribution in [0.5, 0.6) is 0 Å². The number of hydrogen-bond acceptors (Lipinski definition) is 9. The highest BCUT2D eigenvalue weighted by Gasteiger charge is 2.39. The largest absolute Gasteiger partial charge is 0.466 e. The van der Waals surface area contributed by atoms with Crippen molar-refractivity contribution in [2.45, 2.75) is 12.8 Å². The summed E-state index contributed by atoms with van der Waals surface area (Å²) in [4.78, 5) is 47.5. The Morgan fingerprint density at radius 3 is 2.48 bits per heavy atom. The van der Waals surface area contributed by atoms with Crippen molar-refractivity contribution in [1.29, 1.82) is 0 Å². The fraction of sp³-hybridized carbons (Fsp3) is 0.174. The molecule has 1 aliphatic heterocycles. The third-order valence-electron chi connectivity index (χ3n) is 5.05. The average molecular weight is 465 g/mol. The number of esters is 2. The van der Waals surface area contributed by atoms with E-state index in [9.17, 15) is 14.4 Å². The molecule has 4 heterocycles. The Balaban J connectivity index is 2.12. The van der Waals surface area contributed by atoms with Crippen LogP contribution in [0, 0.1) is 0 Å². The summed E-state index contributed by atoms with van der Waals surface area (Å²) in [5.41, 5.74) is 7.25. The van der Waals surface area contributed by atoms with Gasteiger partial charge in [0.1, 0.15) is 10.5 Å². The maximum Gasteiger partial charge on any atom is 0.338 e. The second-order valence-electron chi connectivity index (χ2n) is 6.99. The monoisotopic (exact) mass is 464 g/mol. The molecule has 3 aromatic heterocycles. The van der Waals surface area contributed by atoms with E-state index in [1.54, 1.807) is 55.9 Å². The standard InChI is InChI=1S/C23H20N4O5S/c1-3-32-23(30)17-16(14-7-5-9-26-12-14)18(22(29)31-2)21-27(19(17)24)20(28)15(33-21)10-13-6-4-8-25-11-13/h4-12,16H,3,24H2,1-2H3/t16-/m0/s1. The lowest BCUT2D eigenvalue weighted by molar-refractivity contribution is -0.138. The first-order chi connectivity index (χ1) is 16.0. The number of aromatic nitrogens is 3. The fourth-order valence-electron chi connectivity index (χ4n) is 3.66. The molecule has 0 bridgehead atoms. The van der Waals surface area contributed by atoms with E-state index in [-0.39, 0.29) is 28.2 Å². The van der Waals surface area contributed by atoms with Crippen molar-refractivity contribution in [2.24, 2.45) is 5.73 Å². The lowest BCUT2D eigenvalue weighted by atomic mass is 9.84. The normalized spacial score (nSPS) is 15.9. The molecule has 1 atom stereocenters. The molecule has 168 valence electrons. The van der Waals surface area contributed by atoms with Gasteiger partial charge in [0.15, 0.2) is 0 Å². The van der Waals surface area contributed by atoms with Crippen LogP contribution in [-0.4, -0.2) is 40.2 Å². The predicted octanol–water partition coefficient (Wildman–Crippen LogP) is 0.340. The lowest BCUT2D eigenvalue weighted by Gasteiger charge is -2.26. The van der Waals surface area contributed by atoms with Crippen molar-refractivity contribution in [3.8, 4) is 0 Å². The van der Waals surface area contributed by atoms with Gasteiger partial charge in [-0.05, 0) is 36.3 Å². The molecule has 0 saturated heterocycles. The Morgan fingerprint density at radius 2 is 1.88 bits per heavy atom. The molecule has 2 N–H and O–H groups in total. The van der Waals surface area contributed by atoms with Gasteiger partial charge in [-0.2, -0.15) is 0 Å². The molecule has 0 saturated carbocycles. The number of methoxy groups -OCH3 is 1. The molecule has 33 heavy (non-hydrogen) atoms. The van der Waals surface area contributed by atoms with Gasteiger partial charge in [0, 0.05) is 24.8 Å². The summed E-state index contributed by atoms with van der Waals surface area (Å²) in [5.74, 6) is -2.44. The van der Waals surface area contributed by atoms with E-state index in [0.717, 1.165) is 15.9 Å². The van der Waals surface area contributed by atoms with E-state index in [0.29, 0.717) is 15.7 Å². The molecular weight excluding hydrogens is 444 g/mol. The second-order valence-corrected chi connectivity index (χ2v) is 8.02. The SMILES string of the molecule is CCOC(=O)C1=C(N)n2c(sc(=Cc3cccnc3)c2=O)=C(C(=O)OC)[C@H]1c1cccnc1. The van der Waals surface area contributed by atoms with E-state index in [2.05, 4.69) is 9.97 Å². The maximum atomic E-state index is 13.3. The first-order valence-electron chi connectivity index (χ1n) is 10.0. The van der Waals surface area contributed by atoms with Crippen molar-refractivity contribution < 1.29 is 19.1 Å². The summed E-state index contributed by atoms with van der Waals surface area (Å²) < 4.78 is 12.0. The number of nitrogens with two attached hydrogens (primary N) is 1. The molecule has 0 radical (unpaired) electrons. The number of nitrogens with zero attached hydrogens (tertiary/aromatic N) is 3. The topological polar surface area (TPSA) is 126 Å². The summed E-state index contributed by atoms with van der Waals surface area (Å²) in [5, 5.41) is 0. The summed E-state index contributed by atoms with van der Waals surface area (Å²) in [6.07, 6.45) is 7.98. The Hall–Kier alpha value is -4.05. The van der Waals surface area contributed by atoms with Gasteiger partial charge in [0.05, 0.1) is 35.3 Å². The molecule has 10 heteroatoms. The van der Waals surface area contributed by atoms with E-state index in [1.807, 2.05) is 0 Å². The number of carbonyl (C=O) groups is 2. The van der Waals surface area contributed by atoms with Gasteiger partial charge in [0.2, 0.25) is 0 Å². The highest BCUT2D eigenvalue weighted by Crippen LogP contribution is 2.37. The number of hydrogen-bond donors (Lipinski definition) is 1. The zero-order chi connectivity index (χ0) is 23.5. The maximum absolute atomic E-state index is 13.3. The van der Waals surface area contributed by atoms with Gasteiger partial charge < -0.3 is 15.2 Å². The van der Waals surface area contributed by atoms with E-state index < -0.39 is 23.4 Å². The van der Waals surface area contributed by atoms with Crippen LogP contribution in [0.1, 0.15) is 24.0 Å². The van der Waals surface area contributed by atoms with E-state index in [1.165, 1.54) is 13.3 Å². The summed E-state index contributed by atoms with van der Waals surface area (Å²) in [6, 6.07) is 6.94. The van der Waals surface area contributed by atoms with Gasteiger partial charge in [-0.25, -0.2) is 9.59 Å². The number of fused-ring (bicyclic) bond motifs is 1. The Morgan fingerprint density at radius 1 is 1.15 bits per heavy atom. The van der Waals surface area contributed by atoms with Crippen LogP contribution in [-0.2, 0) is 19.1 Å². The second kappa shape index (κ2) is 9.21. The van der Waals surface area contributed by atoms with Gasteiger partial charge >= 0.3 is 11.9 Å². The first kappa shape index (κ1) is 22.2. The summed E-state index contributed by atoms with van der Waals surface area (Å²) in [7, 11) is 1.24. The minimum Gasteiger partial charge on any atom is -0.466 e. The van der Waals surface area contributed by atoms with Crippen LogP contribution in [0.25, 0.3) is 17.5 Å². The minimum absolute atomic E-state index is 0.0226. The zero-order valence-electron chi connectivity index (χ0n) is 17.8. The smallest absolute Gasteiger partial charge is 0.338 e. The van der Waals surface area contributed by atoms with Crippen LogP contribution < -0.4 is 20.5 Å². The summed E-state index contributed by atoms with van der Waals surface area (Å²) >= 11 is 1.08. The molecule has 0 aliphatic carbocycles. The van der Waals surface area contributed by atoms with Crippen LogP contribution in [0.2, 0.25) is 0 Å². The van der Waals surface area contributed by atoms with Crippen molar-refractivity contribution in [3.63, 3.8) is 0 Å². The van der Waals surface area contributed by atoms with Gasteiger partial charge in [-0.1, -0.05) is 12.1 Å². The molecule has 0 fully saturated rings.